The van der Waals surface area contributed by atoms with Crippen LogP contribution in [-0.2, 0) is 0 Å². The molecule has 4 nitrogen and oxygen atoms in total. The molecule has 158 valence electrons. The van der Waals surface area contributed by atoms with E-state index in [1.54, 1.807) is 0 Å². The summed E-state index contributed by atoms with van der Waals surface area (Å²) in [6.45, 7) is 5.00. The summed E-state index contributed by atoms with van der Waals surface area (Å²) in [6.07, 6.45) is 11.7. The van der Waals surface area contributed by atoms with Gasteiger partial charge in [-0.1, -0.05) is 51.8 Å². The Morgan fingerprint density at radius 1 is 1.30 bits per heavy atom. The van der Waals surface area contributed by atoms with E-state index in [1.807, 2.05) is 30.4 Å². The Labute approximate surface area is 191 Å². The van der Waals surface area contributed by atoms with E-state index in [9.17, 15) is 4.79 Å². The maximum atomic E-state index is 13.3. The summed E-state index contributed by atoms with van der Waals surface area (Å²) >= 11 is 9.57. The molecule has 1 fully saturated rings. The SMILES string of the molecule is CN1CCN(CCC(=O)c2c(/C=C/C3C=CC(Cl)=CC3)[nH]c3cc(Br)ccc23)CC1. The summed E-state index contributed by atoms with van der Waals surface area (Å²) in [7, 11) is 2.15. The Morgan fingerprint density at radius 3 is 2.83 bits per heavy atom. The first-order valence-corrected chi connectivity index (χ1v) is 11.6. The summed E-state index contributed by atoms with van der Waals surface area (Å²) in [4.78, 5) is 21.5. The van der Waals surface area contributed by atoms with E-state index in [4.69, 9.17) is 11.6 Å². The molecule has 2 aromatic rings. The van der Waals surface area contributed by atoms with Gasteiger partial charge in [0.15, 0.2) is 5.78 Å². The zero-order chi connectivity index (χ0) is 21.1. The topological polar surface area (TPSA) is 39.3 Å². The number of fused-ring (bicyclic) bond motifs is 1. The molecule has 1 aliphatic carbocycles. The quantitative estimate of drug-likeness (QED) is 0.549. The van der Waals surface area contributed by atoms with Crippen LogP contribution in [0.25, 0.3) is 17.0 Å². The maximum Gasteiger partial charge on any atom is 0.166 e. The zero-order valence-electron chi connectivity index (χ0n) is 17.2. The van der Waals surface area contributed by atoms with E-state index in [2.05, 4.69) is 56.0 Å². The van der Waals surface area contributed by atoms with Crippen LogP contribution < -0.4 is 0 Å². The van der Waals surface area contributed by atoms with Gasteiger partial charge in [-0.15, -0.1) is 0 Å². The van der Waals surface area contributed by atoms with Crippen molar-refractivity contribution < 1.29 is 4.79 Å². The highest BCUT2D eigenvalue weighted by molar-refractivity contribution is 9.10. The van der Waals surface area contributed by atoms with Crippen LogP contribution in [0.4, 0.5) is 0 Å². The molecule has 0 spiro atoms. The van der Waals surface area contributed by atoms with Gasteiger partial charge in [0.1, 0.15) is 0 Å². The fourth-order valence-corrected chi connectivity index (χ4v) is 4.57. The van der Waals surface area contributed by atoms with Gasteiger partial charge in [-0.25, -0.2) is 0 Å². The smallest absolute Gasteiger partial charge is 0.166 e. The van der Waals surface area contributed by atoms with E-state index in [1.165, 1.54) is 0 Å². The van der Waals surface area contributed by atoms with Gasteiger partial charge in [0.2, 0.25) is 0 Å². The molecule has 1 unspecified atom stereocenters. The van der Waals surface area contributed by atoms with Gasteiger partial charge >= 0.3 is 0 Å². The number of carbonyl (C=O) groups is 1. The van der Waals surface area contributed by atoms with E-state index >= 15 is 0 Å². The van der Waals surface area contributed by atoms with E-state index in [-0.39, 0.29) is 5.78 Å². The fraction of sp³-hybridized carbons (Fsp3) is 0.375. The number of halogens is 2. The zero-order valence-corrected chi connectivity index (χ0v) is 19.5. The number of aromatic amines is 1. The van der Waals surface area contributed by atoms with Gasteiger partial charge in [0.05, 0.1) is 5.56 Å². The molecule has 30 heavy (non-hydrogen) atoms. The standard InChI is InChI=1S/C24H27BrClN3O/c1-28-12-14-29(15-13-28)11-10-23(30)24-20-8-5-18(25)16-22(20)27-21(24)9-4-17-2-6-19(26)7-3-17/h2,4-9,16-17,27H,3,10-15H2,1H3/b9-4+. The van der Waals surface area contributed by atoms with Crippen molar-refractivity contribution in [2.45, 2.75) is 12.8 Å². The van der Waals surface area contributed by atoms with E-state index < -0.39 is 0 Å². The summed E-state index contributed by atoms with van der Waals surface area (Å²) in [5.74, 6) is 0.489. The molecule has 0 saturated carbocycles. The summed E-state index contributed by atoms with van der Waals surface area (Å²) in [5.41, 5.74) is 2.67. The number of benzene rings is 1. The molecule has 6 heteroatoms. The Hall–Kier alpha value is -1.66. The molecule has 0 bridgehead atoms. The van der Waals surface area contributed by atoms with Crippen LogP contribution in [0.2, 0.25) is 0 Å². The largest absolute Gasteiger partial charge is 0.354 e. The third kappa shape index (κ3) is 5.14. The molecular weight excluding hydrogens is 462 g/mol. The van der Waals surface area contributed by atoms with Crippen LogP contribution in [0, 0.1) is 5.92 Å². The van der Waals surface area contributed by atoms with Crippen molar-refractivity contribution in [1.82, 2.24) is 14.8 Å². The molecule has 1 aliphatic heterocycles. The van der Waals surface area contributed by atoms with Gasteiger partial charge in [-0.3, -0.25) is 4.79 Å². The van der Waals surface area contributed by atoms with Crippen molar-refractivity contribution in [1.29, 1.82) is 0 Å². The Kier molecular flexibility index (Phi) is 6.94. The minimum atomic E-state index is 0.198. The van der Waals surface area contributed by atoms with Crippen molar-refractivity contribution >= 4 is 50.3 Å². The highest BCUT2D eigenvalue weighted by Crippen LogP contribution is 2.29. The molecule has 0 radical (unpaired) electrons. The molecule has 1 saturated heterocycles. The van der Waals surface area contributed by atoms with E-state index in [0.717, 1.165) is 70.8 Å². The number of likely N-dealkylation sites (N-methyl/N-ethyl adjacent to an activating group) is 1. The van der Waals surface area contributed by atoms with Crippen LogP contribution in [0.5, 0.6) is 0 Å². The molecule has 4 rings (SSSR count). The van der Waals surface area contributed by atoms with Gasteiger partial charge in [0, 0.05) is 65.2 Å². The average Bonchev–Trinajstić information content (AvgIpc) is 3.10. The maximum absolute atomic E-state index is 13.3. The second-order valence-corrected chi connectivity index (χ2v) is 9.48. The van der Waals surface area contributed by atoms with Gasteiger partial charge in [-0.05, 0) is 43.7 Å². The highest BCUT2D eigenvalue weighted by atomic mass is 79.9. The first-order chi connectivity index (χ1) is 14.5. The molecule has 2 aliphatic rings. The van der Waals surface area contributed by atoms with Crippen LogP contribution in [0.15, 0.2) is 52.0 Å². The normalized spacial score (nSPS) is 20.9. The molecule has 1 N–H and O–H groups in total. The fourth-order valence-electron chi connectivity index (χ4n) is 4.05. The lowest BCUT2D eigenvalue weighted by Crippen LogP contribution is -2.45. The number of rotatable bonds is 6. The molecule has 0 amide bonds. The first-order valence-electron chi connectivity index (χ1n) is 10.5. The highest BCUT2D eigenvalue weighted by Gasteiger charge is 2.20. The van der Waals surface area contributed by atoms with E-state index in [0.29, 0.717) is 12.3 Å². The van der Waals surface area contributed by atoms with Crippen molar-refractivity contribution in [2.75, 3.05) is 39.8 Å². The first kappa shape index (κ1) is 21.6. The molecule has 1 aromatic heterocycles. The van der Waals surface area contributed by atoms with Gasteiger partial charge < -0.3 is 14.8 Å². The monoisotopic (exact) mass is 487 g/mol. The second kappa shape index (κ2) is 9.65. The van der Waals surface area contributed by atoms with Crippen LogP contribution in [0.3, 0.4) is 0 Å². The third-order valence-electron chi connectivity index (χ3n) is 5.92. The van der Waals surface area contributed by atoms with Gasteiger partial charge in [0.25, 0.3) is 0 Å². The molecule has 1 aromatic carbocycles. The molecule has 1 atom stereocenters. The predicted molar refractivity (Wildman–Crippen MR) is 129 cm³/mol. The number of nitrogens with zero attached hydrogens (tertiary/aromatic N) is 2. The number of Topliss-reactive ketones (excluding diaryl/α,β-unsaturated/α-hetero) is 1. The molecule has 2 heterocycles. The number of piperazine rings is 1. The Balaban J connectivity index is 1.55. The number of aromatic nitrogens is 1. The minimum absolute atomic E-state index is 0.198. The van der Waals surface area contributed by atoms with Crippen LogP contribution >= 0.6 is 27.5 Å². The average molecular weight is 489 g/mol. The van der Waals surface area contributed by atoms with Crippen LogP contribution in [-0.4, -0.2) is 60.3 Å². The van der Waals surface area contributed by atoms with Gasteiger partial charge in [-0.2, -0.15) is 0 Å². The van der Waals surface area contributed by atoms with Crippen molar-refractivity contribution in [3.8, 4) is 0 Å². The van der Waals surface area contributed by atoms with Crippen molar-refractivity contribution in [3.05, 3.63) is 63.3 Å². The minimum Gasteiger partial charge on any atom is -0.354 e. The summed E-state index contributed by atoms with van der Waals surface area (Å²) in [6, 6.07) is 6.06. The number of allylic oxidation sites excluding steroid dienone is 5. The third-order valence-corrected chi connectivity index (χ3v) is 6.69. The lowest BCUT2D eigenvalue weighted by Gasteiger charge is -2.32. The number of H-pyrrole nitrogens is 1. The van der Waals surface area contributed by atoms with Crippen molar-refractivity contribution in [2.24, 2.45) is 5.92 Å². The summed E-state index contributed by atoms with van der Waals surface area (Å²) in [5, 5.41) is 1.78. The number of hydrogen-bond donors (Lipinski definition) is 1. The second-order valence-electron chi connectivity index (χ2n) is 8.13. The number of ketones is 1. The predicted octanol–water partition coefficient (Wildman–Crippen LogP) is 5.46. The summed E-state index contributed by atoms with van der Waals surface area (Å²) < 4.78 is 0.998. The lowest BCUT2D eigenvalue weighted by atomic mass is 9.98. The number of nitrogens with one attached hydrogen (secondary N) is 1. The molecular formula is C24H27BrClN3O. The Morgan fingerprint density at radius 2 is 2.10 bits per heavy atom. The van der Waals surface area contributed by atoms with Crippen LogP contribution in [0.1, 0.15) is 28.9 Å². The lowest BCUT2D eigenvalue weighted by molar-refractivity contribution is 0.0943. The van der Waals surface area contributed by atoms with Crippen molar-refractivity contribution in [3.63, 3.8) is 0 Å². The number of hydrogen-bond acceptors (Lipinski definition) is 3. The number of carbonyl (C=O) groups excluding carboxylic acids is 1. The Bertz CT molecular complexity index is 1010.